The summed E-state index contributed by atoms with van der Waals surface area (Å²) in [6.07, 6.45) is 0. The van der Waals surface area contributed by atoms with Crippen LogP contribution in [0.3, 0.4) is 0 Å². The normalized spacial score (nSPS) is 15.7. The largest absolute Gasteiger partial charge is 0.379 e. The molecule has 0 bridgehead atoms. The van der Waals surface area contributed by atoms with Gasteiger partial charge in [0.1, 0.15) is 0 Å². The Hall–Kier alpha value is -2.17. The van der Waals surface area contributed by atoms with E-state index in [2.05, 4.69) is 49.2 Å². The number of rotatable bonds is 4. The summed E-state index contributed by atoms with van der Waals surface area (Å²) in [6.45, 7) is 10.8. The highest BCUT2D eigenvalue weighted by Gasteiger charge is 2.14. The number of carbonyl (C=O) groups excluding carboxylic acids is 1. The maximum Gasteiger partial charge on any atom is 0.255 e. The number of ether oxygens (including phenoxy) is 1. The maximum atomic E-state index is 12.6. The van der Waals surface area contributed by atoms with E-state index in [1.54, 1.807) is 0 Å². The monoisotopic (exact) mass is 352 g/mol. The van der Waals surface area contributed by atoms with E-state index in [-0.39, 0.29) is 11.3 Å². The number of carbonyl (C=O) groups is 1. The molecule has 0 aromatic heterocycles. The second-order valence-corrected chi connectivity index (χ2v) is 7.87. The average molecular weight is 352 g/mol. The third-order valence-corrected chi connectivity index (χ3v) is 4.71. The van der Waals surface area contributed by atoms with Crippen molar-refractivity contribution < 1.29 is 9.53 Å². The number of hydrogen-bond donors (Lipinski definition) is 1. The van der Waals surface area contributed by atoms with Crippen LogP contribution in [0.2, 0.25) is 0 Å². The van der Waals surface area contributed by atoms with Gasteiger partial charge >= 0.3 is 0 Å². The molecule has 1 amide bonds. The molecule has 0 unspecified atom stereocenters. The van der Waals surface area contributed by atoms with Crippen LogP contribution in [0.15, 0.2) is 48.5 Å². The standard InChI is InChI=1S/C22H28N2O2/c1-22(2,3)19-7-9-20(10-8-19)23-21(25)18-6-4-5-17(15-18)16-24-11-13-26-14-12-24/h4-10,15H,11-14,16H2,1-3H3,(H,23,25). The summed E-state index contributed by atoms with van der Waals surface area (Å²) in [4.78, 5) is 14.9. The molecule has 0 spiro atoms. The van der Waals surface area contributed by atoms with Crippen molar-refractivity contribution in [1.82, 2.24) is 4.90 Å². The van der Waals surface area contributed by atoms with E-state index in [0.717, 1.165) is 44.1 Å². The van der Waals surface area contributed by atoms with Gasteiger partial charge in [-0.05, 0) is 40.8 Å². The molecule has 0 atom stereocenters. The predicted octanol–water partition coefficient (Wildman–Crippen LogP) is 4.07. The van der Waals surface area contributed by atoms with E-state index in [9.17, 15) is 4.79 Å². The first kappa shape index (κ1) is 18.6. The van der Waals surface area contributed by atoms with Gasteiger partial charge in [0.15, 0.2) is 0 Å². The van der Waals surface area contributed by atoms with Crippen molar-refractivity contribution in [3.8, 4) is 0 Å². The number of morpholine rings is 1. The Kier molecular flexibility index (Phi) is 5.74. The summed E-state index contributed by atoms with van der Waals surface area (Å²) >= 11 is 0. The van der Waals surface area contributed by atoms with Crippen molar-refractivity contribution in [2.45, 2.75) is 32.7 Å². The molecule has 0 saturated carbocycles. The molecule has 1 heterocycles. The minimum atomic E-state index is -0.0719. The molecular weight excluding hydrogens is 324 g/mol. The van der Waals surface area contributed by atoms with Crippen molar-refractivity contribution in [2.24, 2.45) is 0 Å². The highest BCUT2D eigenvalue weighted by molar-refractivity contribution is 6.04. The molecule has 1 aliphatic heterocycles. The fraction of sp³-hybridized carbons (Fsp3) is 0.409. The topological polar surface area (TPSA) is 41.6 Å². The number of hydrogen-bond acceptors (Lipinski definition) is 3. The van der Waals surface area contributed by atoms with Crippen LogP contribution in [0.25, 0.3) is 0 Å². The molecule has 0 radical (unpaired) electrons. The summed E-state index contributed by atoms with van der Waals surface area (Å²) in [5.41, 5.74) is 4.03. The van der Waals surface area contributed by atoms with Crippen LogP contribution in [-0.4, -0.2) is 37.1 Å². The van der Waals surface area contributed by atoms with Gasteiger partial charge in [-0.1, -0.05) is 45.0 Å². The van der Waals surface area contributed by atoms with Crippen LogP contribution >= 0.6 is 0 Å². The first-order valence-corrected chi connectivity index (χ1v) is 9.23. The summed E-state index contributed by atoms with van der Waals surface area (Å²) in [7, 11) is 0. The van der Waals surface area contributed by atoms with Crippen LogP contribution in [0.4, 0.5) is 5.69 Å². The first-order valence-electron chi connectivity index (χ1n) is 9.23. The molecule has 4 nitrogen and oxygen atoms in total. The molecule has 2 aromatic carbocycles. The number of benzene rings is 2. The number of amides is 1. The molecule has 1 saturated heterocycles. The lowest BCUT2D eigenvalue weighted by Crippen LogP contribution is -2.35. The highest BCUT2D eigenvalue weighted by Crippen LogP contribution is 2.23. The molecule has 0 aliphatic carbocycles. The molecule has 3 rings (SSSR count). The summed E-state index contributed by atoms with van der Waals surface area (Å²) < 4.78 is 5.39. The summed E-state index contributed by atoms with van der Waals surface area (Å²) in [5, 5.41) is 3.00. The van der Waals surface area contributed by atoms with E-state index in [1.165, 1.54) is 5.56 Å². The second kappa shape index (κ2) is 8.02. The van der Waals surface area contributed by atoms with E-state index in [0.29, 0.717) is 5.56 Å². The van der Waals surface area contributed by atoms with Crippen molar-refractivity contribution in [3.05, 3.63) is 65.2 Å². The van der Waals surface area contributed by atoms with Gasteiger partial charge < -0.3 is 10.1 Å². The van der Waals surface area contributed by atoms with Gasteiger partial charge in [-0.25, -0.2) is 0 Å². The molecule has 4 heteroatoms. The Morgan fingerprint density at radius 2 is 1.77 bits per heavy atom. The summed E-state index contributed by atoms with van der Waals surface area (Å²) in [6, 6.07) is 16.0. The summed E-state index contributed by atoms with van der Waals surface area (Å²) in [5.74, 6) is -0.0719. The van der Waals surface area contributed by atoms with Crippen LogP contribution in [0, 0.1) is 0 Å². The van der Waals surface area contributed by atoms with Crippen LogP contribution in [0.1, 0.15) is 42.3 Å². The quantitative estimate of drug-likeness (QED) is 0.902. The van der Waals surface area contributed by atoms with Gasteiger partial charge in [0.2, 0.25) is 0 Å². The van der Waals surface area contributed by atoms with Gasteiger partial charge in [0.05, 0.1) is 13.2 Å². The lowest BCUT2D eigenvalue weighted by atomic mass is 9.87. The maximum absolute atomic E-state index is 12.6. The van der Waals surface area contributed by atoms with Crippen molar-refractivity contribution >= 4 is 11.6 Å². The molecular formula is C22H28N2O2. The fourth-order valence-corrected chi connectivity index (χ4v) is 3.09. The van der Waals surface area contributed by atoms with Crippen molar-refractivity contribution in [3.63, 3.8) is 0 Å². The smallest absolute Gasteiger partial charge is 0.255 e. The lowest BCUT2D eigenvalue weighted by Gasteiger charge is -2.26. The molecule has 26 heavy (non-hydrogen) atoms. The Morgan fingerprint density at radius 3 is 2.42 bits per heavy atom. The average Bonchev–Trinajstić information content (AvgIpc) is 2.62. The van der Waals surface area contributed by atoms with Crippen molar-refractivity contribution in [1.29, 1.82) is 0 Å². The number of nitrogens with zero attached hydrogens (tertiary/aromatic N) is 1. The molecule has 1 N–H and O–H groups in total. The van der Waals surface area contributed by atoms with E-state index in [1.807, 2.05) is 30.3 Å². The van der Waals surface area contributed by atoms with E-state index in [4.69, 9.17) is 4.74 Å². The van der Waals surface area contributed by atoms with Crippen LogP contribution in [0.5, 0.6) is 0 Å². The SMILES string of the molecule is CC(C)(C)c1ccc(NC(=O)c2cccc(CN3CCOCC3)c2)cc1. The minimum Gasteiger partial charge on any atom is -0.379 e. The zero-order valence-electron chi connectivity index (χ0n) is 15.9. The molecule has 1 aliphatic rings. The second-order valence-electron chi connectivity index (χ2n) is 7.87. The highest BCUT2D eigenvalue weighted by atomic mass is 16.5. The van der Waals surface area contributed by atoms with Crippen LogP contribution in [-0.2, 0) is 16.7 Å². The zero-order valence-corrected chi connectivity index (χ0v) is 15.9. The molecule has 2 aromatic rings. The Balaban J connectivity index is 1.65. The minimum absolute atomic E-state index is 0.0719. The Morgan fingerprint density at radius 1 is 1.08 bits per heavy atom. The number of nitrogens with one attached hydrogen (secondary N) is 1. The lowest BCUT2D eigenvalue weighted by molar-refractivity contribution is 0.0342. The Labute approximate surface area is 156 Å². The third-order valence-electron chi connectivity index (χ3n) is 4.71. The molecule has 1 fully saturated rings. The van der Waals surface area contributed by atoms with Gasteiger partial charge in [-0.3, -0.25) is 9.69 Å². The molecule has 138 valence electrons. The third kappa shape index (κ3) is 4.93. The van der Waals surface area contributed by atoms with E-state index >= 15 is 0 Å². The van der Waals surface area contributed by atoms with Gasteiger partial charge in [-0.15, -0.1) is 0 Å². The Bertz CT molecular complexity index is 741. The number of anilines is 1. The van der Waals surface area contributed by atoms with E-state index < -0.39 is 0 Å². The first-order chi connectivity index (χ1) is 12.4. The zero-order chi connectivity index (χ0) is 18.6. The predicted molar refractivity (Wildman–Crippen MR) is 106 cm³/mol. The fourth-order valence-electron chi connectivity index (χ4n) is 3.09. The van der Waals surface area contributed by atoms with Crippen LogP contribution < -0.4 is 5.32 Å². The van der Waals surface area contributed by atoms with Gasteiger partial charge in [-0.2, -0.15) is 0 Å². The van der Waals surface area contributed by atoms with Gasteiger partial charge in [0, 0.05) is 30.9 Å². The van der Waals surface area contributed by atoms with Crippen molar-refractivity contribution in [2.75, 3.05) is 31.6 Å². The van der Waals surface area contributed by atoms with Gasteiger partial charge in [0.25, 0.3) is 5.91 Å².